The second-order valence-corrected chi connectivity index (χ2v) is 5.02. The zero-order valence-electron chi connectivity index (χ0n) is 10.8. The predicted octanol–water partition coefficient (Wildman–Crippen LogP) is 3.06. The topological polar surface area (TPSA) is 41.3 Å². The van der Waals surface area contributed by atoms with Gasteiger partial charge in [-0.05, 0) is 52.1 Å². The van der Waals surface area contributed by atoms with E-state index in [2.05, 4.69) is 31.1 Å². The maximum Gasteiger partial charge on any atom is 0.0588 e. The van der Waals surface area contributed by atoms with Crippen molar-refractivity contribution in [2.24, 2.45) is 0 Å². The number of nitrogens with two attached hydrogens (primary N) is 1. The number of benzene rings is 1. The molecule has 0 aliphatic heterocycles. The highest BCUT2D eigenvalue weighted by Gasteiger charge is 2.03. The number of halogens is 1. The Hall–Kier alpha value is -0.930. The van der Waals surface area contributed by atoms with Crippen LogP contribution >= 0.6 is 11.6 Å². The standard InChI is InChI=1S/C13H22ClN3/c1-10(2)17(3)8-4-7-16-13-9-11(14)5-6-12(13)15/h5-6,9-10,16H,4,7-8,15H2,1-3H3. The molecule has 1 aromatic rings. The van der Waals surface area contributed by atoms with Crippen LogP contribution in [0, 0.1) is 0 Å². The van der Waals surface area contributed by atoms with Gasteiger partial charge in [-0.2, -0.15) is 0 Å². The van der Waals surface area contributed by atoms with Gasteiger partial charge in [0, 0.05) is 17.6 Å². The molecule has 0 radical (unpaired) electrons. The average Bonchev–Trinajstić information content (AvgIpc) is 2.28. The summed E-state index contributed by atoms with van der Waals surface area (Å²) in [5.74, 6) is 0. The number of nitrogens with one attached hydrogen (secondary N) is 1. The zero-order chi connectivity index (χ0) is 12.8. The molecule has 3 N–H and O–H groups in total. The Labute approximate surface area is 109 Å². The smallest absolute Gasteiger partial charge is 0.0588 e. The first-order valence-corrected chi connectivity index (χ1v) is 6.37. The summed E-state index contributed by atoms with van der Waals surface area (Å²) >= 11 is 5.92. The summed E-state index contributed by atoms with van der Waals surface area (Å²) in [5.41, 5.74) is 7.51. The third-order valence-corrected chi connectivity index (χ3v) is 3.14. The van der Waals surface area contributed by atoms with Crippen molar-refractivity contribution < 1.29 is 0 Å². The second kappa shape index (κ2) is 6.72. The van der Waals surface area contributed by atoms with Gasteiger partial charge < -0.3 is 16.0 Å². The number of anilines is 2. The summed E-state index contributed by atoms with van der Waals surface area (Å²) in [4.78, 5) is 2.32. The van der Waals surface area contributed by atoms with Crippen LogP contribution in [-0.2, 0) is 0 Å². The summed E-state index contributed by atoms with van der Waals surface area (Å²) in [6.45, 7) is 6.37. The largest absolute Gasteiger partial charge is 0.397 e. The quantitative estimate of drug-likeness (QED) is 0.606. The first-order valence-electron chi connectivity index (χ1n) is 6.00. The Balaban J connectivity index is 2.33. The summed E-state index contributed by atoms with van der Waals surface area (Å²) < 4.78 is 0. The van der Waals surface area contributed by atoms with Crippen LogP contribution in [-0.4, -0.2) is 31.1 Å². The minimum atomic E-state index is 0.589. The van der Waals surface area contributed by atoms with Crippen molar-refractivity contribution in [2.75, 3.05) is 31.2 Å². The third kappa shape index (κ3) is 4.84. The van der Waals surface area contributed by atoms with E-state index in [1.165, 1.54) is 0 Å². The normalized spacial score (nSPS) is 11.2. The molecule has 0 amide bonds. The van der Waals surface area contributed by atoms with E-state index < -0.39 is 0 Å². The van der Waals surface area contributed by atoms with Crippen LogP contribution in [0.1, 0.15) is 20.3 Å². The molecule has 3 nitrogen and oxygen atoms in total. The van der Waals surface area contributed by atoms with E-state index in [9.17, 15) is 0 Å². The Morgan fingerprint density at radius 3 is 2.76 bits per heavy atom. The maximum absolute atomic E-state index is 5.92. The molecular formula is C13H22ClN3. The third-order valence-electron chi connectivity index (χ3n) is 2.90. The molecule has 0 unspecified atom stereocenters. The highest BCUT2D eigenvalue weighted by Crippen LogP contribution is 2.22. The fraction of sp³-hybridized carbons (Fsp3) is 0.538. The fourth-order valence-corrected chi connectivity index (χ4v) is 1.66. The van der Waals surface area contributed by atoms with Crippen molar-refractivity contribution >= 4 is 23.0 Å². The van der Waals surface area contributed by atoms with Crippen LogP contribution in [0.3, 0.4) is 0 Å². The second-order valence-electron chi connectivity index (χ2n) is 4.59. The van der Waals surface area contributed by atoms with Gasteiger partial charge in [0.15, 0.2) is 0 Å². The summed E-state index contributed by atoms with van der Waals surface area (Å²) in [5, 5.41) is 4.02. The monoisotopic (exact) mass is 255 g/mol. The van der Waals surface area contributed by atoms with Gasteiger partial charge in [0.25, 0.3) is 0 Å². The van der Waals surface area contributed by atoms with Gasteiger partial charge in [-0.3, -0.25) is 0 Å². The lowest BCUT2D eigenvalue weighted by atomic mass is 10.2. The molecule has 1 rings (SSSR count). The maximum atomic E-state index is 5.92. The molecule has 96 valence electrons. The lowest BCUT2D eigenvalue weighted by Crippen LogP contribution is -2.28. The number of hydrogen-bond donors (Lipinski definition) is 2. The van der Waals surface area contributed by atoms with E-state index in [-0.39, 0.29) is 0 Å². The van der Waals surface area contributed by atoms with Gasteiger partial charge in [-0.25, -0.2) is 0 Å². The summed E-state index contributed by atoms with van der Waals surface area (Å²) in [7, 11) is 2.14. The van der Waals surface area contributed by atoms with E-state index in [1.807, 2.05) is 12.1 Å². The van der Waals surface area contributed by atoms with E-state index in [0.29, 0.717) is 11.1 Å². The van der Waals surface area contributed by atoms with Crippen LogP contribution in [0.5, 0.6) is 0 Å². The van der Waals surface area contributed by atoms with Gasteiger partial charge in [-0.1, -0.05) is 11.6 Å². The first kappa shape index (κ1) is 14.1. The van der Waals surface area contributed by atoms with Crippen molar-refractivity contribution in [3.63, 3.8) is 0 Å². The molecule has 0 bridgehead atoms. The lowest BCUT2D eigenvalue weighted by Gasteiger charge is -2.21. The minimum Gasteiger partial charge on any atom is -0.397 e. The van der Waals surface area contributed by atoms with Gasteiger partial charge >= 0.3 is 0 Å². The Kier molecular flexibility index (Phi) is 5.59. The highest BCUT2D eigenvalue weighted by molar-refractivity contribution is 6.31. The van der Waals surface area contributed by atoms with Crippen molar-refractivity contribution in [1.29, 1.82) is 0 Å². The molecular weight excluding hydrogens is 234 g/mol. The van der Waals surface area contributed by atoms with Crippen LogP contribution in [0.2, 0.25) is 5.02 Å². The number of nitrogens with zero attached hydrogens (tertiary/aromatic N) is 1. The fourth-order valence-electron chi connectivity index (χ4n) is 1.49. The molecule has 0 aromatic heterocycles. The van der Waals surface area contributed by atoms with E-state index in [4.69, 9.17) is 17.3 Å². The molecule has 0 saturated heterocycles. The number of nitrogen functional groups attached to an aromatic ring is 1. The van der Waals surface area contributed by atoms with Crippen LogP contribution in [0.4, 0.5) is 11.4 Å². The molecule has 4 heteroatoms. The van der Waals surface area contributed by atoms with E-state index in [0.717, 1.165) is 30.9 Å². The van der Waals surface area contributed by atoms with Crippen LogP contribution in [0.25, 0.3) is 0 Å². The highest BCUT2D eigenvalue weighted by atomic mass is 35.5. The molecule has 0 fully saturated rings. The molecule has 1 aromatic carbocycles. The van der Waals surface area contributed by atoms with Crippen molar-refractivity contribution in [3.8, 4) is 0 Å². The van der Waals surface area contributed by atoms with Gasteiger partial charge in [0.1, 0.15) is 0 Å². The molecule has 0 heterocycles. The van der Waals surface area contributed by atoms with Crippen molar-refractivity contribution in [2.45, 2.75) is 26.3 Å². The lowest BCUT2D eigenvalue weighted by molar-refractivity contribution is 0.273. The number of hydrogen-bond acceptors (Lipinski definition) is 3. The molecule has 0 aliphatic carbocycles. The average molecular weight is 256 g/mol. The zero-order valence-corrected chi connectivity index (χ0v) is 11.6. The van der Waals surface area contributed by atoms with Crippen LogP contribution < -0.4 is 11.1 Å². The first-order chi connectivity index (χ1) is 8.00. The van der Waals surface area contributed by atoms with E-state index in [1.54, 1.807) is 6.07 Å². The molecule has 0 saturated carbocycles. The van der Waals surface area contributed by atoms with Gasteiger partial charge in [-0.15, -0.1) is 0 Å². The number of rotatable bonds is 6. The SMILES string of the molecule is CC(C)N(C)CCCNc1cc(Cl)ccc1N. The van der Waals surface area contributed by atoms with Crippen molar-refractivity contribution in [3.05, 3.63) is 23.2 Å². The molecule has 0 aliphatic rings. The van der Waals surface area contributed by atoms with Crippen LogP contribution in [0.15, 0.2) is 18.2 Å². The molecule has 17 heavy (non-hydrogen) atoms. The van der Waals surface area contributed by atoms with E-state index >= 15 is 0 Å². The predicted molar refractivity (Wildman–Crippen MR) is 76.7 cm³/mol. The van der Waals surface area contributed by atoms with Gasteiger partial charge in [0.2, 0.25) is 0 Å². The van der Waals surface area contributed by atoms with Crippen molar-refractivity contribution in [1.82, 2.24) is 4.90 Å². The molecule has 0 spiro atoms. The molecule has 0 atom stereocenters. The minimum absolute atomic E-state index is 0.589. The Bertz CT molecular complexity index is 353. The Morgan fingerprint density at radius 2 is 2.12 bits per heavy atom. The van der Waals surface area contributed by atoms with Gasteiger partial charge in [0.05, 0.1) is 11.4 Å². The summed E-state index contributed by atoms with van der Waals surface area (Å²) in [6.07, 6.45) is 1.08. The Morgan fingerprint density at radius 1 is 1.41 bits per heavy atom. The summed E-state index contributed by atoms with van der Waals surface area (Å²) in [6, 6.07) is 6.08.